The van der Waals surface area contributed by atoms with E-state index in [1.54, 1.807) is 0 Å². The van der Waals surface area contributed by atoms with Crippen LogP contribution in [0.25, 0.3) is 11.0 Å². The minimum Gasteiger partial charge on any atom is -0.353 e. The predicted molar refractivity (Wildman–Crippen MR) is 72.5 cm³/mol. The molecule has 9 heteroatoms. The van der Waals surface area contributed by atoms with Crippen molar-refractivity contribution in [1.82, 2.24) is 19.7 Å². The molecule has 0 saturated heterocycles. The first-order chi connectivity index (χ1) is 10.4. The number of nitrogens with zero attached hydrogens (tertiary/aromatic N) is 4. The smallest absolute Gasteiger partial charge is 0.353 e. The zero-order chi connectivity index (χ0) is 15.9. The number of rotatable bonds is 2. The van der Waals surface area contributed by atoms with E-state index < -0.39 is 11.7 Å². The van der Waals surface area contributed by atoms with Crippen molar-refractivity contribution in [2.45, 2.75) is 13.1 Å². The maximum Gasteiger partial charge on any atom is 0.418 e. The highest BCUT2D eigenvalue weighted by atomic mass is 35.5. The Morgan fingerprint density at radius 3 is 2.68 bits per heavy atom. The number of fused-ring (bicyclic) bond motifs is 1. The number of hydrogen-bond acceptors (Lipinski definition) is 4. The Morgan fingerprint density at radius 1 is 1.23 bits per heavy atom. The average molecular weight is 329 g/mol. The van der Waals surface area contributed by atoms with Crippen LogP contribution in [-0.2, 0) is 6.18 Å². The van der Waals surface area contributed by atoms with Gasteiger partial charge in [-0.15, -0.1) is 0 Å². The minimum absolute atomic E-state index is 0.0970. The summed E-state index contributed by atoms with van der Waals surface area (Å²) in [7, 11) is 0. The summed E-state index contributed by atoms with van der Waals surface area (Å²) in [5, 5.41) is 0.156. The second-order valence-corrected chi connectivity index (χ2v) is 4.78. The second-order valence-electron chi connectivity index (χ2n) is 4.39. The number of imidazole rings is 1. The second kappa shape index (κ2) is 5.13. The van der Waals surface area contributed by atoms with Crippen molar-refractivity contribution in [3.05, 3.63) is 47.1 Å². The van der Waals surface area contributed by atoms with Gasteiger partial charge in [0.25, 0.3) is 5.88 Å². The van der Waals surface area contributed by atoms with Gasteiger partial charge in [-0.1, -0.05) is 17.7 Å². The van der Waals surface area contributed by atoms with Crippen LogP contribution in [0.15, 0.2) is 30.6 Å². The van der Waals surface area contributed by atoms with Crippen LogP contribution < -0.4 is 4.84 Å². The lowest BCUT2D eigenvalue weighted by Gasteiger charge is -2.09. The third kappa shape index (κ3) is 2.57. The van der Waals surface area contributed by atoms with Crippen molar-refractivity contribution < 1.29 is 18.0 Å². The summed E-state index contributed by atoms with van der Waals surface area (Å²) in [5.74, 6) is 0.348. The maximum atomic E-state index is 13.0. The van der Waals surface area contributed by atoms with Crippen LogP contribution in [0.5, 0.6) is 5.88 Å². The zero-order valence-corrected chi connectivity index (χ0v) is 11.9. The molecule has 0 saturated carbocycles. The monoisotopic (exact) mass is 328 g/mol. The van der Waals surface area contributed by atoms with Crippen LogP contribution in [0.4, 0.5) is 13.2 Å². The molecule has 0 bridgehead atoms. The SMILES string of the molecule is Cc1nc2c(C(F)(F)F)cccc2n1Oc1cc(Cl)ncn1. The molecule has 0 amide bonds. The summed E-state index contributed by atoms with van der Waals surface area (Å²) >= 11 is 5.72. The number of halogens is 4. The van der Waals surface area contributed by atoms with E-state index in [1.165, 1.54) is 36.2 Å². The summed E-state index contributed by atoms with van der Waals surface area (Å²) in [5.41, 5.74) is -0.828. The van der Waals surface area contributed by atoms with Gasteiger partial charge in [-0.3, -0.25) is 0 Å². The molecular weight excluding hydrogens is 321 g/mol. The van der Waals surface area contributed by atoms with E-state index in [0.717, 1.165) is 6.07 Å². The van der Waals surface area contributed by atoms with E-state index in [-0.39, 0.29) is 27.9 Å². The third-order valence-electron chi connectivity index (χ3n) is 2.90. The fourth-order valence-electron chi connectivity index (χ4n) is 2.00. The minimum atomic E-state index is -4.50. The van der Waals surface area contributed by atoms with Gasteiger partial charge in [-0.05, 0) is 19.1 Å². The van der Waals surface area contributed by atoms with Crippen molar-refractivity contribution >= 4 is 22.6 Å². The lowest BCUT2D eigenvalue weighted by Crippen LogP contribution is -2.09. The molecule has 3 rings (SSSR count). The summed E-state index contributed by atoms with van der Waals surface area (Å²) in [6, 6.07) is 5.09. The molecule has 1 aromatic carbocycles. The topological polar surface area (TPSA) is 52.8 Å². The Balaban J connectivity index is 2.13. The molecule has 5 nitrogen and oxygen atoms in total. The number of hydrogen-bond donors (Lipinski definition) is 0. The summed E-state index contributed by atoms with van der Waals surface area (Å²) < 4.78 is 40.2. The quantitative estimate of drug-likeness (QED) is 0.674. The van der Waals surface area contributed by atoms with Crippen LogP contribution in [-0.4, -0.2) is 19.7 Å². The van der Waals surface area contributed by atoms with Crippen molar-refractivity contribution in [3.63, 3.8) is 0 Å². The average Bonchev–Trinajstić information content (AvgIpc) is 2.74. The summed E-state index contributed by atoms with van der Waals surface area (Å²) in [6.07, 6.45) is -3.31. The van der Waals surface area contributed by atoms with Crippen LogP contribution in [0.3, 0.4) is 0 Å². The number of para-hydroxylation sites is 1. The van der Waals surface area contributed by atoms with Crippen molar-refractivity contribution in [3.8, 4) is 5.88 Å². The molecule has 0 N–H and O–H groups in total. The van der Waals surface area contributed by atoms with Crippen LogP contribution in [0.2, 0.25) is 5.15 Å². The van der Waals surface area contributed by atoms with Crippen molar-refractivity contribution in [1.29, 1.82) is 0 Å². The molecule has 0 aliphatic rings. The fourth-order valence-corrected chi connectivity index (χ4v) is 2.14. The standard InChI is InChI=1S/C13H8ClF3N4O/c1-7-20-12-8(13(15,16)17)3-2-4-9(12)21(7)22-11-5-10(14)18-6-19-11/h2-6H,1H3. The highest BCUT2D eigenvalue weighted by Gasteiger charge is 2.34. The van der Waals surface area contributed by atoms with E-state index in [2.05, 4.69) is 15.0 Å². The number of alkyl halides is 3. The lowest BCUT2D eigenvalue weighted by molar-refractivity contribution is -0.136. The van der Waals surface area contributed by atoms with E-state index in [1.807, 2.05) is 0 Å². The van der Waals surface area contributed by atoms with Gasteiger partial charge in [-0.25, -0.2) is 9.97 Å². The molecule has 2 aromatic heterocycles. The van der Waals surface area contributed by atoms with Gasteiger partial charge in [0, 0.05) is 6.07 Å². The third-order valence-corrected chi connectivity index (χ3v) is 3.11. The first-order valence-corrected chi connectivity index (χ1v) is 6.45. The van der Waals surface area contributed by atoms with Crippen LogP contribution in [0, 0.1) is 6.92 Å². The number of aryl methyl sites for hydroxylation is 1. The molecule has 0 fully saturated rings. The first kappa shape index (κ1) is 14.6. The largest absolute Gasteiger partial charge is 0.418 e. The normalized spacial score (nSPS) is 11.9. The van der Waals surface area contributed by atoms with E-state index in [0.29, 0.717) is 0 Å². The molecule has 2 heterocycles. The van der Waals surface area contributed by atoms with E-state index in [4.69, 9.17) is 16.4 Å². The zero-order valence-electron chi connectivity index (χ0n) is 11.1. The molecule has 114 valence electrons. The molecular formula is C13H8ClF3N4O. The van der Waals surface area contributed by atoms with Gasteiger partial charge in [-0.2, -0.15) is 22.9 Å². The number of benzene rings is 1. The fraction of sp³-hybridized carbons (Fsp3) is 0.154. The Hall–Kier alpha value is -2.35. The Bertz CT molecular complexity index is 847. The molecule has 0 unspecified atom stereocenters. The summed E-state index contributed by atoms with van der Waals surface area (Å²) in [6.45, 7) is 1.53. The van der Waals surface area contributed by atoms with Gasteiger partial charge < -0.3 is 4.84 Å². The summed E-state index contributed by atoms with van der Waals surface area (Å²) in [4.78, 5) is 16.9. The van der Waals surface area contributed by atoms with Gasteiger partial charge in [0.2, 0.25) is 0 Å². The van der Waals surface area contributed by atoms with Gasteiger partial charge in [0.15, 0.2) is 0 Å². The first-order valence-electron chi connectivity index (χ1n) is 6.07. The molecule has 22 heavy (non-hydrogen) atoms. The van der Waals surface area contributed by atoms with Crippen molar-refractivity contribution in [2.75, 3.05) is 0 Å². The highest BCUT2D eigenvalue weighted by Crippen LogP contribution is 2.34. The van der Waals surface area contributed by atoms with Crippen molar-refractivity contribution in [2.24, 2.45) is 0 Å². The molecule has 0 aliphatic carbocycles. The maximum absolute atomic E-state index is 13.0. The Labute approximate surface area is 127 Å². The van der Waals surface area contributed by atoms with Crippen LogP contribution >= 0.6 is 11.6 Å². The predicted octanol–water partition coefficient (Wildman–Crippen LogP) is 3.65. The Kier molecular flexibility index (Phi) is 3.40. The lowest BCUT2D eigenvalue weighted by atomic mass is 10.2. The van der Waals surface area contributed by atoms with E-state index >= 15 is 0 Å². The molecule has 0 radical (unpaired) electrons. The molecule has 0 aliphatic heterocycles. The molecule has 0 atom stereocenters. The van der Waals surface area contributed by atoms with Gasteiger partial charge >= 0.3 is 6.18 Å². The number of aromatic nitrogens is 4. The Morgan fingerprint density at radius 2 is 2.00 bits per heavy atom. The van der Waals surface area contributed by atoms with Gasteiger partial charge in [0.05, 0.1) is 5.56 Å². The van der Waals surface area contributed by atoms with Crippen LogP contribution in [0.1, 0.15) is 11.4 Å². The molecule has 0 spiro atoms. The van der Waals surface area contributed by atoms with Gasteiger partial charge in [0.1, 0.15) is 28.3 Å². The van der Waals surface area contributed by atoms with E-state index in [9.17, 15) is 13.2 Å². The molecule has 3 aromatic rings. The highest BCUT2D eigenvalue weighted by molar-refractivity contribution is 6.29.